The van der Waals surface area contributed by atoms with Crippen LogP contribution in [0.5, 0.6) is 5.75 Å². The normalized spacial score (nSPS) is 29.7. The molecule has 246 valence electrons. The van der Waals surface area contributed by atoms with Crippen molar-refractivity contribution in [2.24, 2.45) is 11.8 Å². The average Bonchev–Trinajstić information content (AvgIpc) is 3.65. The monoisotopic (exact) mass is 688 g/mol. The van der Waals surface area contributed by atoms with E-state index in [0.717, 1.165) is 13.1 Å². The summed E-state index contributed by atoms with van der Waals surface area (Å²) >= 11 is 3.76. The van der Waals surface area contributed by atoms with Gasteiger partial charge in [-0.1, -0.05) is 28.1 Å². The summed E-state index contributed by atoms with van der Waals surface area (Å²) in [6.07, 6.45) is 3.11. The molecule has 1 N–H and O–H groups in total. The number of benzene rings is 1. The first kappa shape index (κ1) is 33.6. The molecular formula is C33H45BrN4O7. The summed E-state index contributed by atoms with van der Waals surface area (Å²) in [5.41, 5.74) is -0.585. The number of carbonyl (C=O) groups is 3. The number of aliphatic hydroxyl groups excluding tert-OH is 1. The van der Waals surface area contributed by atoms with Gasteiger partial charge in [0.05, 0.1) is 50.4 Å². The van der Waals surface area contributed by atoms with Crippen LogP contribution in [-0.4, -0.2) is 132 Å². The Labute approximate surface area is 273 Å². The number of fused-ring (bicyclic) bond motifs is 1. The summed E-state index contributed by atoms with van der Waals surface area (Å²) in [4.78, 5) is 50.3. The predicted molar refractivity (Wildman–Crippen MR) is 173 cm³/mol. The predicted octanol–water partition coefficient (Wildman–Crippen LogP) is 2.08. The number of carbonyl (C=O) groups excluding carboxylic acids is 3. The maximum absolute atomic E-state index is 14.6. The molecule has 1 aromatic rings. The topological polar surface area (TPSA) is 112 Å². The van der Waals surface area contributed by atoms with Crippen molar-refractivity contribution in [1.82, 2.24) is 14.7 Å². The summed E-state index contributed by atoms with van der Waals surface area (Å²) in [6.45, 7) is 16.0. The molecule has 5 rings (SSSR count). The van der Waals surface area contributed by atoms with E-state index in [4.69, 9.17) is 14.2 Å². The van der Waals surface area contributed by atoms with Crippen molar-refractivity contribution in [2.75, 3.05) is 70.6 Å². The molecular weight excluding hydrogens is 644 g/mol. The van der Waals surface area contributed by atoms with Gasteiger partial charge in [0.2, 0.25) is 17.7 Å². The maximum Gasteiger partial charge on any atom is 0.248 e. The highest BCUT2D eigenvalue weighted by molar-refractivity contribution is 9.09. The number of halogens is 1. The molecule has 0 saturated carbocycles. The van der Waals surface area contributed by atoms with Crippen molar-refractivity contribution < 1.29 is 33.7 Å². The minimum absolute atomic E-state index is 0.227. The smallest absolute Gasteiger partial charge is 0.248 e. The Morgan fingerprint density at radius 2 is 1.87 bits per heavy atom. The Hall–Kier alpha value is -2.77. The molecule has 3 unspecified atom stereocenters. The Balaban J connectivity index is 1.48. The zero-order chi connectivity index (χ0) is 32.3. The second-order valence-electron chi connectivity index (χ2n) is 12.1. The van der Waals surface area contributed by atoms with Crippen molar-refractivity contribution >= 4 is 39.3 Å². The fourth-order valence-electron chi connectivity index (χ4n) is 7.42. The lowest BCUT2D eigenvalue weighted by Crippen LogP contribution is -2.59. The fraction of sp³-hybridized carbons (Fsp3) is 0.606. The van der Waals surface area contributed by atoms with Crippen molar-refractivity contribution in [3.63, 3.8) is 0 Å². The quantitative estimate of drug-likeness (QED) is 0.234. The third-order valence-corrected chi connectivity index (χ3v) is 10.3. The fourth-order valence-corrected chi connectivity index (χ4v) is 8.36. The zero-order valence-electron chi connectivity index (χ0n) is 26.2. The number of aliphatic hydroxyl groups is 1. The van der Waals surface area contributed by atoms with Crippen LogP contribution in [0.1, 0.15) is 20.3 Å². The lowest BCUT2D eigenvalue weighted by Gasteiger charge is -2.39. The number of amides is 3. The van der Waals surface area contributed by atoms with Gasteiger partial charge in [-0.15, -0.1) is 13.2 Å². The lowest BCUT2D eigenvalue weighted by atomic mass is 9.70. The molecule has 4 aliphatic heterocycles. The van der Waals surface area contributed by atoms with Crippen LogP contribution in [0.15, 0.2) is 49.6 Å². The van der Waals surface area contributed by atoms with Crippen LogP contribution >= 0.6 is 15.9 Å². The second kappa shape index (κ2) is 14.3. The third kappa shape index (κ3) is 6.19. The molecule has 7 atom stereocenters. The molecule has 45 heavy (non-hydrogen) atoms. The summed E-state index contributed by atoms with van der Waals surface area (Å²) in [7, 11) is 0. The standard InChI is InChI=1S/C33H45BrN4O7/c1-5-12-36(15-14-35-16-18-43-19-17-35)32(42)29-33-20-25(34)28(45-33)26(27(33)31(41)38(29)22(4)21-39)30(40)37(13-6-2)23-8-10-24(11-9-23)44-7-3/h5-6,8-11,22,25-29,39H,1-2,7,12-21H2,3-4H3/t22-,25?,26-,27+,28-,29?,33?/m1/s1. The Morgan fingerprint density at radius 3 is 2.49 bits per heavy atom. The molecule has 1 spiro atoms. The largest absolute Gasteiger partial charge is 0.494 e. The van der Waals surface area contributed by atoms with Gasteiger partial charge in [0.1, 0.15) is 17.4 Å². The van der Waals surface area contributed by atoms with Gasteiger partial charge in [-0.25, -0.2) is 0 Å². The Morgan fingerprint density at radius 1 is 1.18 bits per heavy atom. The molecule has 2 bridgehead atoms. The molecule has 4 aliphatic rings. The molecule has 11 nitrogen and oxygen atoms in total. The van der Waals surface area contributed by atoms with Gasteiger partial charge in [-0.05, 0) is 44.5 Å². The van der Waals surface area contributed by atoms with Crippen LogP contribution in [0.2, 0.25) is 0 Å². The Kier molecular flexibility index (Phi) is 10.7. The molecule has 4 fully saturated rings. The number of hydrogen-bond acceptors (Lipinski definition) is 8. The van der Waals surface area contributed by atoms with E-state index in [-0.39, 0.29) is 35.7 Å². The maximum atomic E-state index is 14.6. The van der Waals surface area contributed by atoms with E-state index in [1.165, 1.54) is 4.90 Å². The first-order valence-corrected chi connectivity index (χ1v) is 16.7. The summed E-state index contributed by atoms with van der Waals surface area (Å²) in [6, 6.07) is 5.58. The summed E-state index contributed by atoms with van der Waals surface area (Å²) in [5.74, 6) is -1.91. The number of ether oxygens (including phenoxy) is 3. The van der Waals surface area contributed by atoms with Crippen LogP contribution in [0, 0.1) is 11.8 Å². The van der Waals surface area contributed by atoms with Gasteiger partial charge in [0.25, 0.3) is 0 Å². The molecule has 12 heteroatoms. The van der Waals surface area contributed by atoms with Crippen molar-refractivity contribution in [3.8, 4) is 5.75 Å². The number of alkyl halides is 1. The van der Waals surface area contributed by atoms with Crippen molar-refractivity contribution in [3.05, 3.63) is 49.6 Å². The van der Waals surface area contributed by atoms with E-state index in [9.17, 15) is 19.5 Å². The van der Waals surface area contributed by atoms with E-state index in [0.29, 0.717) is 57.3 Å². The highest BCUT2D eigenvalue weighted by Gasteiger charge is 2.77. The highest BCUT2D eigenvalue weighted by Crippen LogP contribution is 2.61. The molecule has 1 aromatic carbocycles. The van der Waals surface area contributed by atoms with Crippen LogP contribution in [0.4, 0.5) is 5.69 Å². The summed E-state index contributed by atoms with van der Waals surface area (Å²) in [5, 5.41) is 10.3. The van der Waals surface area contributed by atoms with Crippen molar-refractivity contribution in [1.29, 1.82) is 0 Å². The van der Waals surface area contributed by atoms with E-state index in [2.05, 4.69) is 34.0 Å². The first-order valence-electron chi connectivity index (χ1n) is 15.8. The van der Waals surface area contributed by atoms with Crippen LogP contribution in [0.3, 0.4) is 0 Å². The van der Waals surface area contributed by atoms with Crippen molar-refractivity contribution in [2.45, 2.75) is 48.9 Å². The lowest BCUT2D eigenvalue weighted by molar-refractivity contribution is -0.150. The van der Waals surface area contributed by atoms with Crippen LogP contribution in [0.25, 0.3) is 0 Å². The SMILES string of the molecule is C=CCN(CCN1CCOCC1)C(=O)C1N([C@H](C)CO)C(=O)[C@@H]2[C@@H](C(=O)N(CC=C)c3ccc(OCC)cc3)[C@@H]3OC12CC3Br. The zero-order valence-corrected chi connectivity index (χ0v) is 27.8. The molecule has 4 saturated heterocycles. The number of morpholine rings is 1. The summed E-state index contributed by atoms with van der Waals surface area (Å²) < 4.78 is 17.8. The van der Waals surface area contributed by atoms with Crippen LogP contribution < -0.4 is 9.64 Å². The molecule has 4 heterocycles. The number of nitrogens with zero attached hydrogens (tertiary/aromatic N) is 4. The molecule has 3 amide bonds. The minimum atomic E-state index is -1.23. The first-order chi connectivity index (χ1) is 21.7. The van der Waals surface area contributed by atoms with Gasteiger partial charge in [0, 0.05) is 49.8 Å². The minimum Gasteiger partial charge on any atom is -0.494 e. The van der Waals surface area contributed by atoms with Gasteiger partial charge < -0.3 is 34.0 Å². The van der Waals surface area contributed by atoms with Gasteiger partial charge in [-0.3, -0.25) is 19.3 Å². The van der Waals surface area contributed by atoms with E-state index in [1.54, 1.807) is 41.0 Å². The number of hydrogen-bond donors (Lipinski definition) is 1. The average molecular weight is 690 g/mol. The Bertz CT molecular complexity index is 1260. The number of likely N-dealkylation sites (tertiary alicyclic amines) is 1. The van der Waals surface area contributed by atoms with Gasteiger partial charge in [-0.2, -0.15) is 0 Å². The number of anilines is 1. The molecule has 0 aliphatic carbocycles. The number of rotatable bonds is 14. The van der Waals surface area contributed by atoms with E-state index < -0.39 is 35.6 Å². The van der Waals surface area contributed by atoms with Crippen LogP contribution in [-0.2, 0) is 23.9 Å². The highest BCUT2D eigenvalue weighted by atomic mass is 79.9. The second-order valence-corrected chi connectivity index (χ2v) is 13.3. The molecule has 0 radical (unpaired) electrons. The van der Waals surface area contributed by atoms with E-state index >= 15 is 0 Å². The third-order valence-electron chi connectivity index (χ3n) is 9.47. The van der Waals surface area contributed by atoms with E-state index in [1.807, 2.05) is 19.1 Å². The van der Waals surface area contributed by atoms with Gasteiger partial charge in [0.15, 0.2) is 0 Å². The molecule has 0 aromatic heterocycles. The van der Waals surface area contributed by atoms with Gasteiger partial charge >= 0.3 is 0 Å².